The summed E-state index contributed by atoms with van der Waals surface area (Å²) in [5, 5.41) is 0. The molecule has 0 aromatic carbocycles. The molecule has 1 amide bonds. The van der Waals surface area contributed by atoms with E-state index in [0.29, 0.717) is 17.6 Å². The van der Waals surface area contributed by atoms with Crippen molar-refractivity contribution in [3.63, 3.8) is 0 Å². The lowest BCUT2D eigenvalue weighted by molar-refractivity contribution is -0.133. The molecule has 21 heavy (non-hydrogen) atoms. The number of nitrogens with two attached hydrogens (primary N) is 1. The smallest absolute Gasteiger partial charge is 0.236 e. The number of piperazine rings is 1. The van der Waals surface area contributed by atoms with E-state index < -0.39 is 0 Å². The molecule has 5 nitrogen and oxygen atoms in total. The van der Waals surface area contributed by atoms with Crippen molar-refractivity contribution in [3.05, 3.63) is 0 Å². The van der Waals surface area contributed by atoms with Crippen molar-refractivity contribution < 1.29 is 4.79 Å². The van der Waals surface area contributed by atoms with Gasteiger partial charge in [-0.2, -0.15) is 0 Å². The second-order valence-electron chi connectivity index (χ2n) is 6.05. The van der Waals surface area contributed by atoms with Crippen LogP contribution in [0.1, 0.15) is 33.1 Å². The molecule has 1 heterocycles. The molecule has 6 heteroatoms. The number of rotatable bonds is 7. The summed E-state index contributed by atoms with van der Waals surface area (Å²) in [5.41, 5.74) is 5.81. The van der Waals surface area contributed by atoms with Gasteiger partial charge in [-0.05, 0) is 26.2 Å². The van der Waals surface area contributed by atoms with Crippen molar-refractivity contribution in [2.24, 2.45) is 5.73 Å². The summed E-state index contributed by atoms with van der Waals surface area (Å²) in [6.45, 7) is 9.32. The first-order chi connectivity index (χ1) is 10.1. The van der Waals surface area contributed by atoms with Crippen molar-refractivity contribution >= 4 is 23.1 Å². The maximum atomic E-state index is 12.3. The molecule has 0 aromatic rings. The normalized spacial score (nSPS) is 22.0. The van der Waals surface area contributed by atoms with E-state index in [1.807, 2.05) is 4.90 Å². The van der Waals surface area contributed by atoms with Crippen LogP contribution in [0.4, 0.5) is 0 Å². The first kappa shape index (κ1) is 16.6. The van der Waals surface area contributed by atoms with Gasteiger partial charge in [0.1, 0.15) is 0 Å². The van der Waals surface area contributed by atoms with Gasteiger partial charge in [-0.25, -0.2) is 0 Å². The molecule has 1 atom stereocenters. The molecule has 2 rings (SSSR count). The van der Waals surface area contributed by atoms with Gasteiger partial charge in [0.05, 0.1) is 17.6 Å². The Hall–Kier alpha value is -0.720. The van der Waals surface area contributed by atoms with E-state index in [1.54, 1.807) is 0 Å². The maximum absolute atomic E-state index is 12.3. The Bertz CT molecular complexity index is 378. The molecule has 0 spiro atoms. The van der Waals surface area contributed by atoms with Gasteiger partial charge in [-0.3, -0.25) is 14.6 Å². The predicted molar refractivity (Wildman–Crippen MR) is 89.3 cm³/mol. The third-order valence-electron chi connectivity index (χ3n) is 4.57. The number of carbonyl (C=O) groups is 1. The minimum Gasteiger partial charge on any atom is -0.392 e. The Morgan fingerprint density at radius 3 is 2.33 bits per heavy atom. The van der Waals surface area contributed by atoms with Gasteiger partial charge in [0.2, 0.25) is 5.91 Å². The molecule has 0 bridgehead atoms. The highest BCUT2D eigenvalue weighted by molar-refractivity contribution is 7.80. The second-order valence-corrected chi connectivity index (χ2v) is 6.52. The monoisotopic (exact) mass is 312 g/mol. The van der Waals surface area contributed by atoms with Gasteiger partial charge in [0, 0.05) is 38.8 Å². The zero-order valence-electron chi connectivity index (χ0n) is 13.3. The highest BCUT2D eigenvalue weighted by Crippen LogP contribution is 2.26. The van der Waals surface area contributed by atoms with Crippen molar-refractivity contribution in [1.82, 2.24) is 14.7 Å². The van der Waals surface area contributed by atoms with Crippen LogP contribution in [0.5, 0.6) is 0 Å². The number of hydrogen-bond donors (Lipinski definition) is 1. The van der Waals surface area contributed by atoms with Gasteiger partial charge in [-0.1, -0.05) is 19.1 Å². The third-order valence-corrected chi connectivity index (χ3v) is 4.84. The molecule has 0 radical (unpaired) electrons. The zero-order chi connectivity index (χ0) is 15.4. The molecule has 2 N–H and O–H groups in total. The third kappa shape index (κ3) is 4.37. The molecular formula is C15H28N4OS. The van der Waals surface area contributed by atoms with Crippen LogP contribution < -0.4 is 5.73 Å². The van der Waals surface area contributed by atoms with Crippen LogP contribution in [0, 0.1) is 0 Å². The van der Waals surface area contributed by atoms with Crippen LogP contribution in [-0.4, -0.2) is 76.9 Å². The molecule has 2 aliphatic rings. The van der Waals surface area contributed by atoms with E-state index in [1.165, 1.54) is 12.8 Å². The minimum atomic E-state index is 0.205. The van der Waals surface area contributed by atoms with E-state index in [-0.39, 0.29) is 11.9 Å². The van der Waals surface area contributed by atoms with E-state index in [9.17, 15) is 4.79 Å². The predicted octanol–water partition coefficient (Wildman–Crippen LogP) is 0.680. The van der Waals surface area contributed by atoms with Crippen molar-refractivity contribution in [3.8, 4) is 0 Å². The largest absolute Gasteiger partial charge is 0.392 e. The summed E-state index contributed by atoms with van der Waals surface area (Å²) in [5.74, 6) is 0.287. The lowest BCUT2D eigenvalue weighted by Gasteiger charge is -2.38. The van der Waals surface area contributed by atoms with Crippen LogP contribution in [0.2, 0.25) is 0 Å². The van der Waals surface area contributed by atoms with Gasteiger partial charge in [0.25, 0.3) is 0 Å². The summed E-state index contributed by atoms with van der Waals surface area (Å²) >= 11 is 5.14. The number of thiocarbonyl (C=S) groups is 1. The molecule has 1 saturated carbocycles. The van der Waals surface area contributed by atoms with Crippen molar-refractivity contribution in [2.45, 2.75) is 45.2 Å². The standard InChI is InChI=1S/C15H28N4OS/c1-3-13(15(16)21)18-9-7-17(8-10-18)11-14(20)19(4-2)12-5-6-12/h12-13H,3-11H2,1-2H3,(H2,16,21). The van der Waals surface area contributed by atoms with E-state index in [0.717, 1.165) is 39.1 Å². The van der Waals surface area contributed by atoms with Gasteiger partial charge < -0.3 is 10.6 Å². The summed E-state index contributed by atoms with van der Waals surface area (Å²) < 4.78 is 0. The fraction of sp³-hybridized carbons (Fsp3) is 0.867. The second kappa shape index (κ2) is 7.51. The molecule has 1 aliphatic carbocycles. The van der Waals surface area contributed by atoms with Crippen LogP contribution >= 0.6 is 12.2 Å². The summed E-state index contributed by atoms with van der Waals surface area (Å²) in [6, 6.07) is 0.722. The van der Waals surface area contributed by atoms with Gasteiger partial charge >= 0.3 is 0 Å². The summed E-state index contributed by atoms with van der Waals surface area (Å²) in [7, 11) is 0. The average molecular weight is 312 g/mol. The molecular weight excluding hydrogens is 284 g/mol. The zero-order valence-corrected chi connectivity index (χ0v) is 14.1. The first-order valence-electron chi connectivity index (χ1n) is 8.12. The number of amides is 1. The van der Waals surface area contributed by atoms with Crippen LogP contribution in [0.3, 0.4) is 0 Å². The Morgan fingerprint density at radius 2 is 1.90 bits per heavy atom. The Kier molecular flexibility index (Phi) is 5.96. The van der Waals surface area contributed by atoms with E-state index in [2.05, 4.69) is 23.6 Å². The fourth-order valence-corrected chi connectivity index (χ4v) is 3.49. The molecule has 1 unspecified atom stereocenters. The highest BCUT2D eigenvalue weighted by Gasteiger charge is 2.32. The van der Waals surface area contributed by atoms with E-state index >= 15 is 0 Å². The summed E-state index contributed by atoms with van der Waals surface area (Å²) in [4.78, 5) is 19.6. The maximum Gasteiger partial charge on any atom is 0.236 e. The van der Waals surface area contributed by atoms with Gasteiger partial charge in [-0.15, -0.1) is 0 Å². The van der Waals surface area contributed by atoms with Gasteiger partial charge in [0.15, 0.2) is 0 Å². The molecule has 0 aromatic heterocycles. The molecule has 1 aliphatic heterocycles. The lowest BCUT2D eigenvalue weighted by atomic mass is 10.1. The SMILES string of the molecule is CCC(C(N)=S)N1CCN(CC(=O)N(CC)C2CC2)CC1. The molecule has 2 fully saturated rings. The fourth-order valence-electron chi connectivity index (χ4n) is 3.18. The molecule has 1 saturated heterocycles. The Balaban J connectivity index is 1.78. The van der Waals surface area contributed by atoms with Crippen LogP contribution in [0.25, 0.3) is 0 Å². The minimum absolute atomic E-state index is 0.205. The summed E-state index contributed by atoms with van der Waals surface area (Å²) in [6.07, 6.45) is 3.32. The van der Waals surface area contributed by atoms with Crippen molar-refractivity contribution in [2.75, 3.05) is 39.3 Å². The number of hydrogen-bond acceptors (Lipinski definition) is 4. The van der Waals surface area contributed by atoms with Crippen LogP contribution in [0.15, 0.2) is 0 Å². The van der Waals surface area contributed by atoms with Crippen LogP contribution in [-0.2, 0) is 4.79 Å². The average Bonchev–Trinajstić information content (AvgIpc) is 3.26. The highest BCUT2D eigenvalue weighted by atomic mass is 32.1. The Morgan fingerprint density at radius 1 is 1.29 bits per heavy atom. The Labute approximate surface area is 133 Å². The lowest BCUT2D eigenvalue weighted by Crippen LogP contribution is -2.55. The molecule has 120 valence electrons. The number of likely N-dealkylation sites (N-methyl/N-ethyl adjacent to an activating group) is 1. The number of nitrogens with zero attached hydrogens (tertiary/aromatic N) is 3. The van der Waals surface area contributed by atoms with Crippen molar-refractivity contribution in [1.29, 1.82) is 0 Å². The number of carbonyl (C=O) groups excluding carboxylic acids is 1. The van der Waals surface area contributed by atoms with E-state index in [4.69, 9.17) is 18.0 Å². The first-order valence-corrected chi connectivity index (χ1v) is 8.52. The topological polar surface area (TPSA) is 52.8 Å². The quantitative estimate of drug-likeness (QED) is 0.701.